The van der Waals surface area contributed by atoms with E-state index in [-0.39, 0.29) is 6.42 Å². The van der Waals surface area contributed by atoms with Gasteiger partial charge in [0, 0.05) is 6.54 Å². The second kappa shape index (κ2) is 4.59. The molecule has 0 aromatic rings. The second-order valence-corrected chi connectivity index (χ2v) is 3.85. The second-order valence-electron chi connectivity index (χ2n) is 3.85. The lowest BCUT2D eigenvalue weighted by Gasteiger charge is -2.23. The Labute approximate surface area is 80.0 Å². The molecule has 0 amide bonds. The van der Waals surface area contributed by atoms with Crippen LogP contribution in [-0.4, -0.2) is 35.2 Å². The van der Waals surface area contributed by atoms with Gasteiger partial charge in [-0.2, -0.15) is 5.26 Å². The van der Waals surface area contributed by atoms with E-state index in [1.54, 1.807) is 0 Å². The van der Waals surface area contributed by atoms with E-state index in [1.807, 2.05) is 0 Å². The summed E-state index contributed by atoms with van der Waals surface area (Å²) < 4.78 is 0. The van der Waals surface area contributed by atoms with Crippen molar-refractivity contribution in [2.24, 2.45) is 0 Å². The maximum absolute atomic E-state index is 10.0. The maximum Gasteiger partial charge on any atom is 0.0789 e. The van der Waals surface area contributed by atoms with Crippen molar-refractivity contribution in [3.8, 4) is 6.07 Å². The number of rotatable bonds is 2. The number of nitrogens with zero attached hydrogens (tertiary/aromatic N) is 2. The highest BCUT2D eigenvalue weighted by Crippen LogP contribution is 2.24. The summed E-state index contributed by atoms with van der Waals surface area (Å²) in [5, 5.41) is 18.6. The quantitative estimate of drug-likeness (QED) is 0.696. The molecule has 1 atom stereocenters. The van der Waals surface area contributed by atoms with Crippen LogP contribution in [0.5, 0.6) is 0 Å². The number of hydrogen-bond acceptors (Lipinski definition) is 3. The van der Waals surface area contributed by atoms with E-state index in [0.717, 1.165) is 38.9 Å². The monoisotopic (exact) mass is 182 g/mol. The van der Waals surface area contributed by atoms with Crippen LogP contribution in [0, 0.1) is 11.3 Å². The topological polar surface area (TPSA) is 47.3 Å². The lowest BCUT2D eigenvalue weighted by Crippen LogP contribution is -2.30. The molecular formula is C10H18N2O. The average Bonchev–Trinajstić information content (AvgIpc) is 2.28. The zero-order valence-electron chi connectivity index (χ0n) is 8.29. The van der Waals surface area contributed by atoms with Crippen LogP contribution in [0.15, 0.2) is 0 Å². The van der Waals surface area contributed by atoms with Gasteiger partial charge in [0.05, 0.1) is 18.1 Å². The molecule has 1 heterocycles. The van der Waals surface area contributed by atoms with E-state index < -0.39 is 5.60 Å². The van der Waals surface area contributed by atoms with Gasteiger partial charge in [0.2, 0.25) is 0 Å². The Morgan fingerprint density at radius 2 is 2.23 bits per heavy atom. The van der Waals surface area contributed by atoms with Crippen LogP contribution in [0.1, 0.15) is 32.6 Å². The molecule has 0 aliphatic carbocycles. The van der Waals surface area contributed by atoms with Crippen molar-refractivity contribution < 1.29 is 5.11 Å². The lowest BCUT2D eigenvalue weighted by atomic mass is 9.92. The van der Waals surface area contributed by atoms with E-state index in [1.165, 1.54) is 0 Å². The third-order valence-corrected chi connectivity index (χ3v) is 2.87. The molecule has 0 bridgehead atoms. The van der Waals surface area contributed by atoms with Gasteiger partial charge >= 0.3 is 0 Å². The van der Waals surface area contributed by atoms with Crippen molar-refractivity contribution in [3.05, 3.63) is 0 Å². The minimum atomic E-state index is -0.710. The summed E-state index contributed by atoms with van der Waals surface area (Å²) >= 11 is 0. The smallest absolute Gasteiger partial charge is 0.0789 e. The molecule has 3 heteroatoms. The van der Waals surface area contributed by atoms with Crippen LogP contribution in [0.4, 0.5) is 0 Å². The Morgan fingerprint density at radius 3 is 2.85 bits per heavy atom. The molecule has 13 heavy (non-hydrogen) atoms. The van der Waals surface area contributed by atoms with Crippen molar-refractivity contribution in [2.75, 3.05) is 19.6 Å². The highest BCUT2D eigenvalue weighted by atomic mass is 16.3. The molecule has 1 aliphatic heterocycles. The van der Waals surface area contributed by atoms with E-state index in [9.17, 15) is 5.11 Å². The predicted octanol–water partition coefficient (Wildman–Crippen LogP) is 1.14. The minimum absolute atomic E-state index is 0.282. The van der Waals surface area contributed by atoms with Crippen LogP contribution in [-0.2, 0) is 0 Å². The van der Waals surface area contributed by atoms with Gasteiger partial charge in [-0.25, -0.2) is 0 Å². The largest absolute Gasteiger partial charge is 0.389 e. The van der Waals surface area contributed by atoms with Crippen molar-refractivity contribution in [3.63, 3.8) is 0 Å². The van der Waals surface area contributed by atoms with Crippen molar-refractivity contribution in [1.29, 1.82) is 5.26 Å². The molecule has 0 aromatic heterocycles. The first-order chi connectivity index (χ1) is 6.20. The summed E-state index contributed by atoms with van der Waals surface area (Å²) in [6, 6.07) is 2.07. The van der Waals surface area contributed by atoms with Gasteiger partial charge in [-0.3, -0.25) is 0 Å². The predicted molar refractivity (Wildman–Crippen MR) is 51.1 cm³/mol. The molecule has 74 valence electrons. The van der Waals surface area contributed by atoms with Crippen LogP contribution >= 0.6 is 0 Å². The van der Waals surface area contributed by atoms with Crippen LogP contribution in [0.25, 0.3) is 0 Å². The van der Waals surface area contributed by atoms with Crippen LogP contribution < -0.4 is 0 Å². The van der Waals surface area contributed by atoms with Gasteiger partial charge in [-0.1, -0.05) is 6.92 Å². The molecular weight excluding hydrogens is 164 g/mol. The summed E-state index contributed by atoms with van der Waals surface area (Å²) in [5.74, 6) is 0. The summed E-state index contributed by atoms with van der Waals surface area (Å²) in [6.07, 6.45) is 2.81. The molecule has 0 spiro atoms. The van der Waals surface area contributed by atoms with E-state index >= 15 is 0 Å². The highest BCUT2D eigenvalue weighted by molar-refractivity contribution is 4.91. The normalized spacial score (nSPS) is 30.8. The first-order valence-corrected chi connectivity index (χ1v) is 5.02. The Bertz CT molecular complexity index is 200. The van der Waals surface area contributed by atoms with E-state index in [2.05, 4.69) is 17.9 Å². The summed E-state index contributed by atoms with van der Waals surface area (Å²) in [6.45, 7) is 5.16. The Kier molecular flexibility index (Phi) is 3.71. The van der Waals surface area contributed by atoms with Gasteiger partial charge in [0.15, 0.2) is 0 Å². The molecule has 3 nitrogen and oxygen atoms in total. The SMILES string of the molecule is CCN1CCCC(O)(CC#N)CC1. The van der Waals surface area contributed by atoms with Gasteiger partial charge in [0.1, 0.15) is 0 Å². The zero-order chi connectivity index (χ0) is 9.73. The Balaban J connectivity index is 2.48. The van der Waals surface area contributed by atoms with E-state index in [4.69, 9.17) is 5.26 Å². The fourth-order valence-electron chi connectivity index (χ4n) is 1.87. The molecule has 0 radical (unpaired) electrons. The molecule has 1 N–H and O–H groups in total. The Morgan fingerprint density at radius 1 is 1.46 bits per heavy atom. The van der Waals surface area contributed by atoms with Gasteiger partial charge in [-0.15, -0.1) is 0 Å². The lowest BCUT2D eigenvalue weighted by molar-refractivity contribution is 0.0301. The number of nitriles is 1. The average molecular weight is 182 g/mol. The fraction of sp³-hybridized carbons (Fsp3) is 0.900. The summed E-state index contributed by atoms with van der Waals surface area (Å²) in [4.78, 5) is 2.33. The fourth-order valence-corrected chi connectivity index (χ4v) is 1.87. The van der Waals surface area contributed by atoms with Gasteiger partial charge < -0.3 is 10.0 Å². The standard InChI is InChI=1S/C10H18N2O/c1-2-12-8-3-4-10(13,5-7-11)6-9-12/h13H,2-6,8-9H2,1H3. The van der Waals surface area contributed by atoms with Gasteiger partial charge in [-0.05, 0) is 32.4 Å². The first kappa shape index (κ1) is 10.5. The molecule has 1 fully saturated rings. The molecule has 0 aromatic carbocycles. The Hall–Kier alpha value is -0.590. The molecule has 1 rings (SSSR count). The first-order valence-electron chi connectivity index (χ1n) is 5.02. The van der Waals surface area contributed by atoms with Crippen LogP contribution in [0.3, 0.4) is 0 Å². The van der Waals surface area contributed by atoms with Crippen molar-refractivity contribution >= 4 is 0 Å². The highest BCUT2D eigenvalue weighted by Gasteiger charge is 2.29. The van der Waals surface area contributed by atoms with E-state index in [0.29, 0.717) is 0 Å². The molecule has 1 unspecified atom stereocenters. The molecule has 1 aliphatic rings. The zero-order valence-corrected chi connectivity index (χ0v) is 8.29. The van der Waals surface area contributed by atoms with Crippen molar-refractivity contribution in [1.82, 2.24) is 4.90 Å². The maximum atomic E-state index is 10.0. The summed E-state index contributed by atoms with van der Waals surface area (Å²) in [7, 11) is 0. The third kappa shape index (κ3) is 2.98. The van der Waals surface area contributed by atoms with Gasteiger partial charge in [0.25, 0.3) is 0 Å². The third-order valence-electron chi connectivity index (χ3n) is 2.87. The molecule has 0 saturated carbocycles. The number of aliphatic hydroxyl groups is 1. The summed E-state index contributed by atoms with van der Waals surface area (Å²) in [5.41, 5.74) is -0.710. The minimum Gasteiger partial charge on any atom is -0.389 e. The number of hydrogen-bond donors (Lipinski definition) is 1. The van der Waals surface area contributed by atoms with Crippen LogP contribution in [0.2, 0.25) is 0 Å². The number of likely N-dealkylation sites (tertiary alicyclic amines) is 1. The molecule has 1 saturated heterocycles. The van der Waals surface area contributed by atoms with Crippen molar-refractivity contribution in [2.45, 2.75) is 38.2 Å².